The molecular weight excluding hydrogens is 312 g/mol. The molecule has 0 radical (unpaired) electrons. The van der Waals surface area contributed by atoms with Gasteiger partial charge in [-0.15, -0.1) is 0 Å². The Bertz CT molecular complexity index is 748. The Morgan fingerprint density at radius 2 is 1.52 bits per heavy atom. The molecule has 0 aliphatic carbocycles. The van der Waals surface area contributed by atoms with Crippen LogP contribution >= 0.6 is 0 Å². The highest BCUT2D eigenvalue weighted by atomic mass is 16.7. The monoisotopic (exact) mass is 336 g/mol. The molecule has 0 aromatic heterocycles. The number of ketones is 1. The molecule has 130 valence electrons. The normalized spacial score (nSPS) is 24.5. The van der Waals surface area contributed by atoms with Crippen LogP contribution in [0.4, 0.5) is 0 Å². The second kappa shape index (κ2) is 6.40. The molecule has 2 aliphatic rings. The summed E-state index contributed by atoms with van der Waals surface area (Å²) in [6, 6.07) is 16.7. The Hall–Kier alpha value is -1.97. The van der Waals surface area contributed by atoms with Gasteiger partial charge in [0, 0.05) is 5.41 Å². The number of Topliss-reactive ketones (excluding diaryl/α,β-unsaturated/α-hetero) is 1. The van der Waals surface area contributed by atoms with Gasteiger partial charge in [0.15, 0.2) is 5.78 Å². The molecule has 2 saturated heterocycles. The van der Waals surface area contributed by atoms with Crippen molar-refractivity contribution in [3.63, 3.8) is 0 Å². The van der Waals surface area contributed by atoms with E-state index in [9.17, 15) is 4.79 Å². The molecule has 4 rings (SSSR count). The summed E-state index contributed by atoms with van der Waals surface area (Å²) in [7, 11) is 0. The summed E-state index contributed by atoms with van der Waals surface area (Å²) in [5.74, 6) is 0.104. The zero-order valence-corrected chi connectivity index (χ0v) is 14.8. The molecule has 2 aromatic rings. The average Bonchev–Trinajstić information content (AvgIpc) is 3.01. The number of aryl methyl sites for hydroxylation is 2. The van der Waals surface area contributed by atoms with Crippen LogP contribution in [-0.4, -0.2) is 24.8 Å². The third-order valence-electron chi connectivity index (χ3n) is 5.68. The van der Waals surface area contributed by atoms with Crippen LogP contribution in [0.5, 0.6) is 0 Å². The number of rotatable bonds is 4. The molecule has 0 N–H and O–H groups in total. The van der Waals surface area contributed by atoms with E-state index in [1.165, 1.54) is 22.3 Å². The minimum Gasteiger partial charge on any atom is -0.343 e. The molecule has 0 spiro atoms. The molecule has 0 amide bonds. The van der Waals surface area contributed by atoms with E-state index < -0.39 is 11.7 Å². The summed E-state index contributed by atoms with van der Waals surface area (Å²) in [6.07, 6.45) is 1.55. The van der Waals surface area contributed by atoms with E-state index in [0.717, 1.165) is 19.3 Å². The van der Waals surface area contributed by atoms with E-state index in [0.29, 0.717) is 6.61 Å². The lowest BCUT2D eigenvalue weighted by Gasteiger charge is -2.39. The van der Waals surface area contributed by atoms with E-state index in [1.54, 1.807) is 0 Å². The Balaban J connectivity index is 1.74. The first-order valence-electron chi connectivity index (χ1n) is 8.98. The number of hydrogen-bond donors (Lipinski definition) is 0. The van der Waals surface area contributed by atoms with Crippen molar-refractivity contribution >= 4 is 5.78 Å². The third-order valence-corrected chi connectivity index (χ3v) is 5.68. The number of ether oxygens (including phenoxy) is 2. The van der Waals surface area contributed by atoms with Crippen molar-refractivity contribution in [3.8, 4) is 0 Å². The predicted octanol–water partition coefficient (Wildman–Crippen LogP) is 3.79. The number of fused-ring (bicyclic) bond motifs is 2. The van der Waals surface area contributed by atoms with E-state index in [-0.39, 0.29) is 11.9 Å². The number of benzene rings is 2. The molecule has 2 atom stereocenters. The zero-order valence-electron chi connectivity index (χ0n) is 14.8. The van der Waals surface area contributed by atoms with Gasteiger partial charge >= 0.3 is 0 Å². The molecule has 2 heterocycles. The van der Waals surface area contributed by atoms with Gasteiger partial charge in [-0.1, -0.05) is 48.5 Å². The maximum absolute atomic E-state index is 13.3. The molecule has 0 saturated carbocycles. The Morgan fingerprint density at radius 3 is 2.08 bits per heavy atom. The predicted molar refractivity (Wildman–Crippen MR) is 96.4 cm³/mol. The second-order valence-electron chi connectivity index (χ2n) is 7.48. The first kappa shape index (κ1) is 16.5. The van der Waals surface area contributed by atoms with Gasteiger partial charge in [0.25, 0.3) is 0 Å². The summed E-state index contributed by atoms with van der Waals surface area (Å²) >= 11 is 0. The molecule has 2 fully saturated rings. The van der Waals surface area contributed by atoms with Gasteiger partial charge in [-0.05, 0) is 55.4 Å². The smallest absolute Gasteiger partial charge is 0.218 e. The molecule has 2 aliphatic heterocycles. The van der Waals surface area contributed by atoms with Crippen molar-refractivity contribution in [1.29, 1.82) is 0 Å². The van der Waals surface area contributed by atoms with Crippen LogP contribution in [0.15, 0.2) is 48.5 Å². The van der Waals surface area contributed by atoms with Crippen LogP contribution in [0.1, 0.15) is 28.7 Å². The van der Waals surface area contributed by atoms with Gasteiger partial charge in [-0.3, -0.25) is 4.79 Å². The summed E-state index contributed by atoms with van der Waals surface area (Å²) < 4.78 is 11.3. The Labute approximate surface area is 149 Å². The van der Waals surface area contributed by atoms with Crippen LogP contribution in [0.2, 0.25) is 0 Å². The van der Waals surface area contributed by atoms with Gasteiger partial charge in [0.2, 0.25) is 6.29 Å². The Kier molecular flexibility index (Phi) is 4.22. The third kappa shape index (κ3) is 3.03. The number of hydrogen-bond acceptors (Lipinski definition) is 3. The lowest BCUT2D eigenvalue weighted by molar-refractivity contribution is -0.168. The number of carbonyl (C=O) groups excluding carboxylic acids is 1. The first-order valence-corrected chi connectivity index (χ1v) is 8.98. The van der Waals surface area contributed by atoms with Crippen LogP contribution in [-0.2, 0) is 27.1 Å². The van der Waals surface area contributed by atoms with E-state index >= 15 is 0 Å². The fourth-order valence-electron chi connectivity index (χ4n) is 4.21. The molecular formula is C22H24O3. The largest absolute Gasteiger partial charge is 0.343 e. The van der Waals surface area contributed by atoms with Crippen LogP contribution in [0, 0.1) is 19.3 Å². The van der Waals surface area contributed by atoms with Crippen molar-refractivity contribution in [1.82, 2.24) is 0 Å². The molecule has 3 heteroatoms. The topological polar surface area (TPSA) is 35.5 Å². The minimum atomic E-state index is -0.688. The van der Waals surface area contributed by atoms with Crippen molar-refractivity contribution in [3.05, 3.63) is 70.8 Å². The summed E-state index contributed by atoms with van der Waals surface area (Å²) in [5.41, 5.74) is 4.50. The second-order valence-corrected chi connectivity index (χ2v) is 7.48. The van der Waals surface area contributed by atoms with Crippen LogP contribution in [0.25, 0.3) is 0 Å². The lowest BCUT2D eigenvalue weighted by atomic mass is 9.68. The van der Waals surface area contributed by atoms with Crippen LogP contribution < -0.4 is 0 Å². The summed E-state index contributed by atoms with van der Waals surface area (Å²) in [5, 5.41) is 0. The maximum atomic E-state index is 13.3. The Morgan fingerprint density at radius 1 is 0.960 bits per heavy atom. The van der Waals surface area contributed by atoms with E-state index in [2.05, 4.69) is 50.2 Å². The van der Waals surface area contributed by atoms with E-state index in [4.69, 9.17) is 9.47 Å². The average molecular weight is 336 g/mol. The highest BCUT2D eigenvalue weighted by molar-refractivity contribution is 5.89. The minimum absolute atomic E-state index is 0.0238. The summed E-state index contributed by atoms with van der Waals surface area (Å²) in [4.78, 5) is 13.3. The highest BCUT2D eigenvalue weighted by Gasteiger charge is 2.52. The van der Waals surface area contributed by atoms with Gasteiger partial charge in [0.05, 0.1) is 12.7 Å². The van der Waals surface area contributed by atoms with Gasteiger partial charge in [0.1, 0.15) is 0 Å². The molecule has 25 heavy (non-hydrogen) atoms. The quantitative estimate of drug-likeness (QED) is 0.852. The van der Waals surface area contributed by atoms with Crippen molar-refractivity contribution < 1.29 is 14.3 Å². The summed E-state index contributed by atoms with van der Waals surface area (Å²) in [6.45, 7) is 4.76. The zero-order chi connectivity index (χ0) is 17.4. The first-order chi connectivity index (χ1) is 12.1. The van der Waals surface area contributed by atoms with Crippen molar-refractivity contribution in [2.24, 2.45) is 5.41 Å². The number of carbonyl (C=O) groups is 1. The molecule has 0 unspecified atom stereocenters. The van der Waals surface area contributed by atoms with E-state index in [1.807, 2.05) is 12.1 Å². The molecule has 3 nitrogen and oxygen atoms in total. The SMILES string of the molecule is Cc1ccccc1CC1(Cc2ccccc2C)C[C@H]2CO[C@H](O2)C1=O. The van der Waals surface area contributed by atoms with Crippen molar-refractivity contribution in [2.75, 3.05) is 6.61 Å². The van der Waals surface area contributed by atoms with Crippen molar-refractivity contribution in [2.45, 2.75) is 45.5 Å². The van der Waals surface area contributed by atoms with Gasteiger partial charge < -0.3 is 9.47 Å². The highest BCUT2D eigenvalue weighted by Crippen LogP contribution is 2.43. The molecule has 2 aromatic carbocycles. The lowest BCUT2D eigenvalue weighted by Crippen LogP contribution is -2.48. The molecule has 2 bridgehead atoms. The fourth-order valence-corrected chi connectivity index (χ4v) is 4.21. The van der Waals surface area contributed by atoms with Gasteiger partial charge in [-0.2, -0.15) is 0 Å². The van der Waals surface area contributed by atoms with Crippen LogP contribution in [0.3, 0.4) is 0 Å². The standard InChI is InChI=1S/C22H24O3/c1-15-7-3-5-9-17(15)11-22(12-18-10-6-4-8-16(18)2)13-19-14-24-21(25-19)20(22)23/h3-10,19,21H,11-14H2,1-2H3/t19-,21+/m0/s1. The fraction of sp³-hybridized carbons (Fsp3) is 0.409. The van der Waals surface area contributed by atoms with Gasteiger partial charge in [-0.25, -0.2) is 0 Å². The maximum Gasteiger partial charge on any atom is 0.218 e.